The number of benzene rings is 1. The summed E-state index contributed by atoms with van der Waals surface area (Å²) in [7, 11) is 0. The average Bonchev–Trinajstić information content (AvgIpc) is 3.10. The van der Waals surface area contributed by atoms with Crippen molar-refractivity contribution >= 4 is 33.0 Å². The van der Waals surface area contributed by atoms with E-state index in [0.717, 1.165) is 17.5 Å². The van der Waals surface area contributed by atoms with Crippen LogP contribution in [0.2, 0.25) is 0 Å². The van der Waals surface area contributed by atoms with Crippen molar-refractivity contribution in [2.24, 2.45) is 5.92 Å². The maximum absolute atomic E-state index is 12.3. The van der Waals surface area contributed by atoms with Gasteiger partial charge in [0.15, 0.2) is 0 Å². The van der Waals surface area contributed by atoms with Gasteiger partial charge in [-0.25, -0.2) is 5.48 Å². The fourth-order valence-electron chi connectivity index (χ4n) is 3.59. The normalized spacial score (nSPS) is 16.9. The number of hydrogen-bond donors (Lipinski definition) is 1. The minimum absolute atomic E-state index is 0.0273. The smallest absolute Gasteiger partial charge is 0.273 e. The first-order chi connectivity index (χ1) is 13.1. The van der Waals surface area contributed by atoms with Gasteiger partial charge in [-0.2, -0.15) is 0 Å². The highest BCUT2D eigenvalue weighted by atomic mass is 32.1. The van der Waals surface area contributed by atoms with E-state index in [9.17, 15) is 14.9 Å². The summed E-state index contributed by atoms with van der Waals surface area (Å²) >= 11 is 1.31. The molecule has 7 heteroatoms. The molecule has 1 fully saturated rings. The Kier molecular flexibility index (Phi) is 7.18. The highest BCUT2D eigenvalue weighted by molar-refractivity contribution is 7.20. The van der Waals surface area contributed by atoms with Crippen LogP contribution in [0.5, 0.6) is 0 Å². The number of hydroxylamine groups is 1. The predicted octanol–water partition coefficient (Wildman–Crippen LogP) is 5.61. The minimum atomic E-state index is -0.431. The van der Waals surface area contributed by atoms with Crippen LogP contribution in [0.15, 0.2) is 24.3 Å². The van der Waals surface area contributed by atoms with Crippen molar-refractivity contribution in [3.8, 4) is 0 Å². The van der Waals surface area contributed by atoms with E-state index < -0.39 is 4.92 Å². The van der Waals surface area contributed by atoms with Crippen molar-refractivity contribution in [2.75, 3.05) is 6.61 Å². The molecule has 6 nitrogen and oxygen atoms in total. The van der Waals surface area contributed by atoms with E-state index in [1.54, 1.807) is 12.1 Å². The number of nitro benzene ring substituents is 1. The molecule has 1 saturated carbocycles. The minimum Gasteiger partial charge on any atom is -0.273 e. The first kappa shape index (κ1) is 19.8. The highest BCUT2D eigenvalue weighted by Gasteiger charge is 2.15. The number of carbonyl (C=O) groups is 1. The molecule has 1 aliphatic rings. The fourth-order valence-corrected chi connectivity index (χ4v) is 4.52. The average molecular weight is 391 g/mol. The highest BCUT2D eigenvalue weighted by Crippen LogP contribution is 2.29. The number of amides is 1. The number of carbonyl (C=O) groups excluding carboxylic acids is 1. The molecule has 0 unspecified atom stereocenters. The molecule has 1 aromatic carbocycles. The summed E-state index contributed by atoms with van der Waals surface area (Å²) in [6, 6.07) is 6.30. The van der Waals surface area contributed by atoms with Gasteiger partial charge in [-0.15, -0.1) is 11.3 Å². The quantitative estimate of drug-likeness (QED) is 0.531. The van der Waals surface area contributed by atoms with Gasteiger partial charge >= 0.3 is 0 Å². The number of nitro groups is 1. The number of hydrogen-bond acceptors (Lipinski definition) is 5. The third-order valence-corrected chi connectivity index (χ3v) is 6.26. The number of thiophene rings is 1. The van der Waals surface area contributed by atoms with Crippen LogP contribution in [0.3, 0.4) is 0 Å². The van der Waals surface area contributed by atoms with Gasteiger partial charge in [0.25, 0.3) is 11.6 Å². The molecule has 0 aliphatic heterocycles. The van der Waals surface area contributed by atoms with Crippen LogP contribution in [-0.4, -0.2) is 17.4 Å². The van der Waals surface area contributed by atoms with E-state index in [0.29, 0.717) is 22.8 Å². The van der Waals surface area contributed by atoms with Crippen LogP contribution in [0.4, 0.5) is 5.69 Å². The molecule has 1 amide bonds. The van der Waals surface area contributed by atoms with Gasteiger partial charge in [0.05, 0.1) is 16.4 Å². The Labute approximate surface area is 163 Å². The number of nitrogens with one attached hydrogen (secondary N) is 1. The molecule has 0 radical (unpaired) electrons. The molecule has 1 N–H and O–H groups in total. The fraction of sp³-hybridized carbons (Fsp3) is 0.550. The maximum atomic E-state index is 12.3. The van der Waals surface area contributed by atoms with Crippen molar-refractivity contribution in [1.29, 1.82) is 0 Å². The zero-order chi connectivity index (χ0) is 19.1. The SMILES string of the molecule is O=C(NOCC1CCCCCCCCC1)c1cc2cc([N+](=O)[O-])ccc2s1. The van der Waals surface area contributed by atoms with Crippen LogP contribution in [0.25, 0.3) is 10.1 Å². The third-order valence-electron chi connectivity index (χ3n) is 5.14. The molecular formula is C20H26N2O4S. The lowest BCUT2D eigenvalue weighted by Crippen LogP contribution is -2.26. The van der Waals surface area contributed by atoms with E-state index in [4.69, 9.17) is 4.84 Å². The standard InChI is InChI=1S/C20H26N2O4S/c23-20(19-13-16-12-17(22(24)25)10-11-18(16)27-19)21-26-14-15-8-6-4-2-1-3-5-7-9-15/h10-13,15H,1-9,14H2,(H,21,23). The summed E-state index contributed by atoms with van der Waals surface area (Å²) in [5, 5.41) is 11.6. The van der Waals surface area contributed by atoms with Gasteiger partial charge in [-0.05, 0) is 30.9 Å². The lowest BCUT2D eigenvalue weighted by atomic mass is 9.93. The van der Waals surface area contributed by atoms with Gasteiger partial charge in [0.1, 0.15) is 0 Å². The number of fused-ring (bicyclic) bond motifs is 1. The van der Waals surface area contributed by atoms with Crippen molar-refractivity contribution in [3.05, 3.63) is 39.3 Å². The Morgan fingerprint density at radius 1 is 1.11 bits per heavy atom. The lowest BCUT2D eigenvalue weighted by molar-refractivity contribution is -0.384. The van der Waals surface area contributed by atoms with Crippen LogP contribution in [-0.2, 0) is 4.84 Å². The Balaban J connectivity index is 1.52. The first-order valence-electron chi connectivity index (χ1n) is 9.73. The van der Waals surface area contributed by atoms with Crippen LogP contribution in [0.1, 0.15) is 67.5 Å². The predicted molar refractivity (Wildman–Crippen MR) is 107 cm³/mol. The molecule has 27 heavy (non-hydrogen) atoms. The van der Waals surface area contributed by atoms with E-state index in [1.807, 2.05) is 0 Å². The molecule has 1 aliphatic carbocycles. The summed E-state index contributed by atoms with van der Waals surface area (Å²) in [6.07, 6.45) is 11.4. The maximum Gasteiger partial charge on any atom is 0.284 e. The Morgan fingerprint density at radius 2 is 1.78 bits per heavy atom. The zero-order valence-electron chi connectivity index (χ0n) is 15.4. The molecule has 146 valence electrons. The summed E-state index contributed by atoms with van der Waals surface area (Å²) < 4.78 is 0.845. The molecule has 3 rings (SSSR count). The summed E-state index contributed by atoms with van der Waals surface area (Å²) in [5.74, 6) is 0.201. The van der Waals surface area contributed by atoms with Crippen molar-refractivity contribution < 1.29 is 14.6 Å². The molecular weight excluding hydrogens is 364 g/mol. The number of non-ortho nitro benzene ring substituents is 1. The van der Waals surface area contributed by atoms with Crippen LogP contribution < -0.4 is 5.48 Å². The van der Waals surface area contributed by atoms with Gasteiger partial charge in [0.2, 0.25) is 0 Å². The van der Waals surface area contributed by atoms with Crippen molar-refractivity contribution in [2.45, 2.75) is 57.8 Å². The Hall–Kier alpha value is -1.99. The topological polar surface area (TPSA) is 81.5 Å². The van der Waals surface area contributed by atoms with Gasteiger partial charge in [-0.1, -0.05) is 44.9 Å². The second-order valence-electron chi connectivity index (χ2n) is 7.25. The van der Waals surface area contributed by atoms with Crippen molar-refractivity contribution in [1.82, 2.24) is 5.48 Å². The monoisotopic (exact) mass is 390 g/mol. The summed E-state index contributed by atoms with van der Waals surface area (Å²) in [5.41, 5.74) is 2.57. The molecule has 1 aromatic heterocycles. The molecule has 0 saturated heterocycles. The summed E-state index contributed by atoms with van der Waals surface area (Å²) in [6.45, 7) is 0.544. The van der Waals surface area contributed by atoms with E-state index in [-0.39, 0.29) is 11.6 Å². The number of nitrogens with zero attached hydrogens (tertiary/aromatic N) is 1. The zero-order valence-corrected chi connectivity index (χ0v) is 16.3. The van der Waals surface area contributed by atoms with Gasteiger partial charge in [-0.3, -0.25) is 19.7 Å². The first-order valence-corrected chi connectivity index (χ1v) is 10.6. The Morgan fingerprint density at radius 3 is 2.44 bits per heavy atom. The molecule has 0 spiro atoms. The lowest BCUT2D eigenvalue weighted by Gasteiger charge is -2.18. The largest absolute Gasteiger partial charge is 0.284 e. The van der Waals surface area contributed by atoms with E-state index in [1.165, 1.54) is 68.4 Å². The second-order valence-corrected chi connectivity index (χ2v) is 8.33. The van der Waals surface area contributed by atoms with Gasteiger partial charge < -0.3 is 0 Å². The molecule has 1 heterocycles. The molecule has 2 aromatic rings. The van der Waals surface area contributed by atoms with Crippen LogP contribution in [0, 0.1) is 16.0 Å². The Bertz CT molecular complexity index is 779. The van der Waals surface area contributed by atoms with E-state index >= 15 is 0 Å². The summed E-state index contributed by atoms with van der Waals surface area (Å²) in [4.78, 5) is 28.8. The number of rotatable bonds is 5. The molecule has 0 atom stereocenters. The third kappa shape index (κ3) is 5.74. The van der Waals surface area contributed by atoms with E-state index in [2.05, 4.69) is 5.48 Å². The van der Waals surface area contributed by atoms with Crippen molar-refractivity contribution in [3.63, 3.8) is 0 Å². The molecule has 0 bridgehead atoms. The second kappa shape index (κ2) is 9.80. The van der Waals surface area contributed by atoms with Gasteiger partial charge in [0, 0.05) is 22.2 Å². The van der Waals surface area contributed by atoms with Crippen LogP contribution >= 0.6 is 11.3 Å².